The molecule has 0 saturated carbocycles. The monoisotopic (exact) mass is 191 g/mol. The zero-order valence-electron chi connectivity index (χ0n) is 9.24. The van der Waals surface area contributed by atoms with Gasteiger partial charge in [0.15, 0.2) is 0 Å². The van der Waals surface area contributed by atoms with Crippen molar-refractivity contribution in [1.82, 2.24) is 4.57 Å². The topological polar surface area (TPSA) is 18.1 Å². The fourth-order valence-corrected chi connectivity index (χ4v) is 1.10. The molecule has 2 heterocycles. The van der Waals surface area contributed by atoms with Crippen LogP contribution in [-0.2, 0) is 7.05 Å². The standard InChI is InChI=1S/C6H9N.C6H8O/c1-6-4-3-5-7(6)2;1-5-3-4-6(2)7-5/h3-5H,1-2H3;3-4H,1-2H3. The Kier molecular flexibility index (Phi) is 3.57. The van der Waals surface area contributed by atoms with Crippen LogP contribution in [0.2, 0.25) is 0 Å². The highest BCUT2D eigenvalue weighted by Gasteiger charge is 1.85. The molecule has 2 aromatic heterocycles. The molecule has 0 aliphatic heterocycles. The first kappa shape index (κ1) is 10.6. The lowest BCUT2D eigenvalue weighted by molar-refractivity contribution is 0.504. The minimum Gasteiger partial charge on any atom is -0.467 e. The van der Waals surface area contributed by atoms with Crippen LogP contribution < -0.4 is 0 Å². The molecule has 14 heavy (non-hydrogen) atoms. The maximum absolute atomic E-state index is 5.08. The molecule has 2 rings (SSSR count). The smallest absolute Gasteiger partial charge is 0.101 e. The van der Waals surface area contributed by atoms with Crippen LogP contribution in [0.3, 0.4) is 0 Å². The maximum Gasteiger partial charge on any atom is 0.101 e. The van der Waals surface area contributed by atoms with Gasteiger partial charge in [0.05, 0.1) is 0 Å². The third kappa shape index (κ3) is 3.13. The highest BCUT2D eigenvalue weighted by Crippen LogP contribution is 2.02. The average molecular weight is 191 g/mol. The quantitative estimate of drug-likeness (QED) is 0.625. The van der Waals surface area contributed by atoms with Crippen LogP contribution in [0.1, 0.15) is 17.2 Å². The Morgan fingerprint density at radius 1 is 1.00 bits per heavy atom. The van der Waals surface area contributed by atoms with Crippen molar-refractivity contribution in [3.63, 3.8) is 0 Å². The van der Waals surface area contributed by atoms with Crippen molar-refractivity contribution in [2.45, 2.75) is 20.8 Å². The summed E-state index contributed by atoms with van der Waals surface area (Å²) in [4.78, 5) is 0. The summed E-state index contributed by atoms with van der Waals surface area (Å²) in [6.45, 7) is 5.96. The number of hydrogen-bond acceptors (Lipinski definition) is 1. The molecule has 0 bridgehead atoms. The molecule has 0 aromatic carbocycles. The van der Waals surface area contributed by atoms with Gasteiger partial charge >= 0.3 is 0 Å². The van der Waals surface area contributed by atoms with E-state index in [0.29, 0.717) is 0 Å². The lowest BCUT2D eigenvalue weighted by Crippen LogP contribution is -1.84. The Morgan fingerprint density at radius 2 is 1.57 bits per heavy atom. The maximum atomic E-state index is 5.08. The fraction of sp³-hybridized carbons (Fsp3) is 0.333. The fourth-order valence-electron chi connectivity index (χ4n) is 1.10. The predicted octanol–water partition coefficient (Wildman–Crippen LogP) is 3.23. The molecule has 76 valence electrons. The normalized spacial score (nSPS) is 9.43. The first-order valence-electron chi connectivity index (χ1n) is 4.70. The summed E-state index contributed by atoms with van der Waals surface area (Å²) < 4.78 is 7.17. The number of rotatable bonds is 0. The Hall–Kier alpha value is -1.44. The predicted molar refractivity (Wildman–Crippen MR) is 58.3 cm³/mol. The zero-order valence-corrected chi connectivity index (χ0v) is 9.24. The minimum atomic E-state index is 0.984. The first-order chi connectivity index (χ1) is 6.59. The average Bonchev–Trinajstić information content (AvgIpc) is 2.65. The molecule has 0 aliphatic rings. The van der Waals surface area contributed by atoms with Crippen LogP contribution in [0.25, 0.3) is 0 Å². The van der Waals surface area contributed by atoms with Crippen LogP contribution in [0.4, 0.5) is 0 Å². The Bertz CT molecular complexity index is 351. The Labute approximate surface area is 85.2 Å². The van der Waals surface area contributed by atoms with Gasteiger partial charge in [-0.25, -0.2) is 0 Å². The van der Waals surface area contributed by atoms with Gasteiger partial charge in [0.25, 0.3) is 0 Å². The highest BCUT2D eigenvalue weighted by atomic mass is 16.3. The Morgan fingerprint density at radius 3 is 1.71 bits per heavy atom. The lowest BCUT2D eigenvalue weighted by Gasteiger charge is -1.89. The SMILES string of the molecule is Cc1ccc(C)o1.Cc1cccn1C. The number of aryl methyl sites for hydroxylation is 4. The van der Waals surface area contributed by atoms with Gasteiger partial charge in [0, 0.05) is 18.9 Å². The van der Waals surface area contributed by atoms with Crippen molar-refractivity contribution in [3.8, 4) is 0 Å². The van der Waals surface area contributed by atoms with E-state index < -0.39 is 0 Å². The molecule has 0 saturated heterocycles. The van der Waals surface area contributed by atoms with Crippen LogP contribution in [0.15, 0.2) is 34.9 Å². The molecule has 2 heteroatoms. The zero-order chi connectivity index (χ0) is 10.6. The molecule has 0 spiro atoms. The lowest BCUT2D eigenvalue weighted by atomic mass is 10.5. The Balaban J connectivity index is 0.000000140. The molecule has 0 amide bonds. The van der Waals surface area contributed by atoms with Crippen molar-refractivity contribution in [2.75, 3.05) is 0 Å². The van der Waals surface area contributed by atoms with Gasteiger partial charge in [0.1, 0.15) is 11.5 Å². The van der Waals surface area contributed by atoms with E-state index in [4.69, 9.17) is 4.42 Å². The van der Waals surface area contributed by atoms with E-state index in [1.807, 2.05) is 45.3 Å². The van der Waals surface area contributed by atoms with Crippen LogP contribution in [0, 0.1) is 20.8 Å². The van der Waals surface area contributed by atoms with Gasteiger partial charge in [-0.15, -0.1) is 0 Å². The van der Waals surface area contributed by atoms with E-state index in [-0.39, 0.29) is 0 Å². The van der Waals surface area contributed by atoms with E-state index in [0.717, 1.165) is 11.5 Å². The molecule has 0 atom stereocenters. The molecular formula is C12H17NO. The van der Waals surface area contributed by atoms with Crippen molar-refractivity contribution in [2.24, 2.45) is 7.05 Å². The number of hydrogen-bond donors (Lipinski definition) is 0. The van der Waals surface area contributed by atoms with E-state index in [1.165, 1.54) is 5.69 Å². The molecule has 0 unspecified atom stereocenters. The number of aromatic nitrogens is 1. The molecule has 0 radical (unpaired) electrons. The molecule has 2 aromatic rings. The summed E-state index contributed by atoms with van der Waals surface area (Å²) in [5.41, 5.74) is 1.31. The highest BCUT2D eigenvalue weighted by molar-refractivity contribution is 5.03. The van der Waals surface area contributed by atoms with E-state index in [2.05, 4.69) is 17.6 Å². The van der Waals surface area contributed by atoms with Crippen molar-refractivity contribution < 1.29 is 4.42 Å². The third-order valence-electron chi connectivity index (χ3n) is 2.08. The largest absolute Gasteiger partial charge is 0.467 e. The summed E-state index contributed by atoms with van der Waals surface area (Å²) in [6.07, 6.45) is 2.04. The van der Waals surface area contributed by atoms with E-state index >= 15 is 0 Å². The third-order valence-corrected chi connectivity index (χ3v) is 2.08. The van der Waals surface area contributed by atoms with Crippen LogP contribution in [0.5, 0.6) is 0 Å². The molecule has 0 N–H and O–H groups in total. The van der Waals surface area contributed by atoms with Gasteiger partial charge in [-0.2, -0.15) is 0 Å². The number of furan rings is 1. The van der Waals surface area contributed by atoms with Gasteiger partial charge in [0.2, 0.25) is 0 Å². The second kappa shape index (κ2) is 4.70. The van der Waals surface area contributed by atoms with Gasteiger partial charge in [-0.1, -0.05) is 0 Å². The second-order valence-corrected chi connectivity index (χ2v) is 3.42. The van der Waals surface area contributed by atoms with Crippen molar-refractivity contribution in [1.29, 1.82) is 0 Å². The van der Waals surface area contributed by atoms with E-state index in [1.54, 1.807) is 0 Å². The van der Waals surface area contributed by atoms with Gasteiger partial charge in [-0.05, 0) is 45.0 Å². The molecule has 2 nitrogen and oxygen atoms in total. The summed E-state index contributed by atoms with van der Waals surface area (Å²) in [7, 11) is 2.04. The van der Waals surface area contributed by atoms with Gasteiger partial charge in [-0.3, -0.25) is 0 Å². The molecule has 0 aliphatic carbocycles. The summed E-state index contributed by atoms with van der Waals surface area (Å²) in [5, 5.41) is 0. The number of nitrogens with zero attached hydrogens (tertiary/aromatic N) is 1. The van der Waals surface area contributed by atoms with Crippen LogP contribution in [-0.4, -0.2) is 4.57 Å². The molecular weight excluding hydrogens is 174 g/mol. The van der Waals surface area contributed by atoms with E-state index in [9.17, 15) is 0 Å². The minimum absolute atomic E-state index is 0.984. The molecule has 0 fully saturated rings. The van der Waals surface area contributed by atoms with Crippen LogP contribution >= 0.6 is 0 Å². The summed E-state index contributed by atoms with van der Waals surface area (Å²) in [6, 6.07) is 8.03. The summed E-state index contributed by atoms with van der Waals surface area (Å²) in [5.74, 6) is 1.97. The second-order valence-electron chi connectivity index (χ2n) is 3.42. The summed E-state index contributed by atoms with van der Waals surface area (Å²) >= 11 is 0. The van der Waals surface area contributed by atoms with Crippen molar-refractivity contribution in [3.05, 3.63) is 47.7 Å². The first-order valence-corrected chi connectivity index (χ1v) is 4.70. The van der Waals surface area contributed by atoms with Gasteiger partial charge < -0.3 is 8.98 Å². The van der Waals surface area contributed by atoms with Crippen molar-refractivity contribution >= 4 is 0 Å².